The number of hydrogen-bond donors (Lipinski definition) is 1. The van der Waals surface area contributed by atoms with Gasteiger partial charge in [-0.15, -0.1) is 0 Å². The third-order valence-electron chi connectivity index (χ3n) is 4.25. The predicted molar refractivity (Wildman–Crippen MR) is 88.9 cm³/mol. The molecule has 0 spiro atoms. The molecule has 2 fully saturated rings. The van der Waals surface area contributed by atoms with Gasteiger partial charge < -0.3 is 15.0 Å². The van der Waals surface area contributed by atoms with E-state index in [1.165, 1.54) is 4.90 Å². The number of carbonyl (C=O) groups excluding carboxylic acids is 2. The summed E-state index contributed by atoms with van der Waals surface area (Å²) in [5.41, 5.74) is 0.554. The van der Waals surface area contributed by atoms with Crippen molar-refractivity contribution in [3.8, 4) is 0 Å². The molecule has 5 nitrogen and oxygen atoms in total. The lowest BCUT2D eigenvalue weighted by Crippen LogP contribution is -2.37. The number of halogens is 2. The fourth-order valence-corrected chi connectivity index (χ4v) is 3.38. The van der Waals surface area contributed by atoms with Gasteiger partial charge in [0.2, 0.25) is 11.8 Å². The molecule has 2 aliphatic rings. The van der Waals surface area contributed by atoms with E-state index >= 15 is 0 Å². The van der Waals surface area contributed by atoms with Gasteiger partial charge >= 0.3 is 0 Å². The Morgan fingerprint density at radius 3 is 2.96 bits per heavy atom. The zero-order chi connectivity index (χ0) is 16.4. The molecular formula is C16H18Cl2N2O3. The molecule has 0 unspecified atom stereocenters. The fraction of sp³-hybridized carbons (Fsp3) is 0.500. The molecule has 2 heterocycles. The zero-order valence-electron chi connectivity index (χ0n) is 12.6. The normalized spacial score (nSPS) is 24.3. The van der Waals surface area contributed by atoms with Crippen molar-refractivity contribution in [3.05, 3.63) is 28.2 Å². The monoisotopic (exact) mass is 356 g/mol. The number of hydrogen-bond acceptors (Lipinski definition) is 3. The van der Waals surface area contributed by atoms with Crippen molar-refractivity contribution in [1.29, 1.82) is 0 Å². The lowest BCUT2D eigenvalue weighted by molar-refractivity contribution is -0.126. The molecule has 1 aromatic carbocycles. The van der Waals surface area contributed by atoms with Crippen LogP contribution in [0.15, 0.2) is 18.2 Å². The molecule has 2 aliphatic heterocycles. The second-order valence-corrected chi connectivity index (χ2v) is 6.64. The smallest absolute Gasteiger partial charge is 0.227 e. The van der Waals surface area contributed by atoms with Crippen molar-refractivity contribution in [2.75, 3.05) is 24.6 Å². The molecule has 0 radical (unpaired) electrons. The van der Waals surface area contributed by atoms with Crippen molar-refractivity contribution in [3.63, 3.8) is 0 Å². The van der Waals surface area contributed by atoms with E-state index in [1.54, 1.807) is 18.2 Å². The molecule has 0 aliphatic carbocycles. The fourth-order valence-electron chi connectivity index (χ4n) is 2.98. The van der Waals surface area contributed by atoms with Crippen LogP contribution in [-0.4, -0.2) is 37.6 Å². The lowest BCUT2D eigenvalue weighted by atomic mass is 10.1. The van der Waals surface area contributed by atoms with E-state index in [1.807, 2.05) is 0 Å². The summed E-state index contributed by atoms with van der Waals surface area (Å²) in [6, 6.07) is 5.14. The van der Waals surface area contributed by atoms with Crippen LogP contribution < -0.4 is 10.2 Å². The molecule has 23 heavy (non-hydrogen) atoms. The Morgan fingerprint density at radius 1 is 1.39 bits per heavy atom. The Morgan fingerprint density at radius 2 is 2.22 bits per heavy atom. The van der Waals surface area contributed by atoms with Crippen LogP contribution in [0, 0.1) is 5.92 Å². The standard InChI is InChI=1S/C16H18Cl2N2O3/c17-12-4-1-5-13(15(12)18)20-9-10(7-14(20)21)16(22)19-8-11-3-2-6-23-11/h1,4-5,10-11H,2-3,6-9H2,(H,19,22)/t10-,11+/m0/s1. The van der Waals surface area contributed by atoms with E-state index in [9.17, 15) is 9.59 Å². The number of benzene rings is 1. The number of nitrogens with zero attached hydrogens (tertiary/aromatic N) is 1. The summed E-state index contributed by atoms with van der Waals surface area (Å²) in [7, 11) is 0. The Kier molecular flexibility index (Phi) is 5.09. The minimum atomic E-state index is -0.376. The number of rotatable bonds is 4. The van der Waals surface area contributed by atoms with E-state index in [4.69, 9.17) is 27.9 Å². The van der Waals surface area contributed by atoms with Crippen molar-refractivity contribution >= 4 is 40.7 Å². The van der Waals surface area contributed by atoms with Crippen molar-refractivity contribution in [2.24, 2.45) is 5.92 Å². The highest BCUT2D eigenvalue weighted by atomic mass is 35.5. The first kappa shape index (κ1) is 16.6. The van der Waals surface area contributed by atoms with E-state index in [2.05, 4.69) is 5.32 Å². The molecule has 124 valence electrons. The van der Waals surface area contributed by atoms with Crippen LogP contribution in [0.3, 0.4) is 0 Å². The van der Waals surface area contributed by atoms with Crippen LogP contribution >= 0.6 is 23.2 Å². The van der Waals surface area contributed by atoms with E-state index in [0.717, 1.165) is 19.4 Å². The first-order chi connectivity index (χ1) is 11.1. The average Bonchev–Trinajstić information content (AvgIpc) is 3.17. The van der Waals surface area contributed by atoms with Gasteiger partial charge in [0.15, 0.2) is 0 Å². The first-order valence-electron chi connectivity index (χ1n) is 7.70. The van der Waals surface area contributed by atoms with Crippen LogP contribution in [0.2, 0.25) is 10.0 Å². The Bertz CT molecular complexity index is 617. The minimum absolute atomic E-state index is 0.0922. The highest BCUT2D eigenvalue weighted by Gasteiger charge is 2.36. The molecule has 0 aromatic heterocycles. The van der Waals surface area contributed by atoms with E-state index in [-0.39, 0.29) is 30.3 Å². The van der Waals surface area contributed by atoms with Gasteiger partial charge in [-0.25, -0.2) is 0 Å². The van der Waals surface area contributed by atoms with Crippen LogP contribution in [0.1, 0.15) is 19.3 Å². The number of nitrogens with one attached hydrogen (secondary N) is 1. The number of ether oxygens (including phenoxy) is 1. The molecule has 2 saturated heterocycles. The van der Waals surface area contributed by atoms with Crippen molar-refractivity contribution in [2.45, 2.75) is 25.4 Å². The highest BCUT2D eigenvalue weighted by molar-refractivity contribution is 6.44. The number of carbonyl (C=O) groups is 2. The summed E-state index contributed by atoms with van der Waals surface area (Å²) in [6.45, 7) is 1.57. The largest absolute Gasteiger partial charge is 0.376 e. The summed E-state index contributed by atoms with van der Waals surface area (Å²) in [6.07, 6.45) is 2.27. The highest BCUT2D eigenvalue weighted by Crippen LogP contribution is 2.35. The van der Waals surface area contributed by atoms with Crippen LogP contribution in [0.5, 0.6) is 0 Å². The van der Waals surface area contributed by atoms with Gasteiger partial charge in [-0.2, -0.15) is 0 Å². The summed E-state index contributed by atoms with van der Waals surface area (Å²) < 4.78 is 5.48. The van der Waals surface area contributed by atoms with Gasteiger partial charge in [-0.3, -0.25) is 9.59 Å². The minimum Gasteiger partial charge on any atom is -0.376 e. The third-order valence-corrected chi connectivity index (χ3v) is 5.05. The molecule has 1 aromatic rings. The molecule has 2 atom stereocenters. The molecule has 0 bridgehead atoms. The maximum atomic E-state index is 12.3. The van der Waals surface area contributed by atoms with Gasteiger partial charge in [0, 0.05) is 26.1 Å². The number of anilines is 1. The zero-order valence-corrected chi connectivity index (χ0v) is 14.1. The van der Waals surface area contributed by atoms with E-state index in [0.29, 0.717) is 28.8 Å². The average molecular weight is 357 g/mol. The van der Waals surface area contributed by atoms with Crippen LogP contribution in [0.4, 0.5) is 5.69 Å². The maximum Gasteiger partial charge on any atom is 0.227 e. The molecule has 2 amide bonds. The Labute approximate surface area is 144 Å². The van der Waals surface area contributed by atoms with Gasteiger partial charge in [0.05, 0.1) is 27.8 Å². The molecule has 7 heteroatoms. The topological polar surface area (TPSA) is 58.6 Å². The van der Waals surface area contributed by atoms with Crippen LogP contribution in [0.25, 0.3) is 0 Å². The molecule has 1 N–H and O–H groups in total. The molecule has 0 saturated carbocycles. The SMILES string of the molecule is O=C(NC[C@H]1CCCO1)[C@H]1CC(=O)N(c2cccc(Cl)c2Cl)C1. The predicted octanol–water partition coefficient (Wildman–Crippen LogP) is 2.64. The summed E-state index contributed by atoms with van der Waals surface area (Å²) in [5, 5.41) is 3.61. The summed E-state index contributed by atoms with van der Waals surface area (Å²) >= 11 is 12.2. The van der Waals surface area contributed by atoms with Crippen LogP contribution in [-0.2, 0) is 14.3 Å². The Balaban J connectivity index is 1.62. The van der Waals surface area contributed by atoms with Crippen molar-refractivity contribution in [1.82, 2.24) is 5.32 Å². The maximum absolute atomic E-state index is 12.3. The lowest BCUT2D eigenvalue weighted by Gasteiger charge is -2.19. The summed E-state index contributed by atoms with van der Waals surface area (Å²) in [4.78, 5) is 26.0. The van der Waals surface area contributed by atoms with E-state index < -0.39 is 0 Å². The third kappa shape index (κ3) is 3.62. The number of amides is 2. The quantitative estimate of drug-likeness (QED) is 0.901. The second-order valence-electron chi connectivity index (χ2n) is 5.86. The van der Waals surface area contributed by atoms with Gasteiger partial charge in [-0.05, 0) is 25.0 Å². The first-order valence-corrected chi connectivity index (χ1v) is 8.45. The summed E-state index contributed by atoms with van der Waals surface area (Å²) in [5.74, 6) is -0.611. The van der Waals surface area contributed by atoms with Gasteiger partial charge in [0.1, 0.15) is 0 Å². The molecular weight excluding hydrogens is 339 g/mol. The van der Waals surface area contributed by atoms with Gasteiger partial charge in [0.25, 0.3) is 0 Å². The second kappa shape index (κ2) is 7.07. The molecule has 3 rings (SSSR count). The Hall–Kier alpha value is -1.30. The van der Waals surface area contributed by atoms with Crippen molar-refractivity contribution < 1.29 is 14.3 Å². The van der Waals surface area contributed by atoms with Gasteiger partial charge in [-0.1, -0.05) is 29.3 Å².